The fourth-order valence-electron chi connectivity index (χ4n) is 2.65. The monoisotopic (exact) mass is 320 g/mol. The van der Waals surface area contributed by atoms with Gasteiger partial charge in [0.25, 0.3) is 0 Å². The highest BCUT2D eigenvalue weighted by molar-refractivity contribution is 7.10. The molecule has 1 atom stereocenters. The van der Waals surface area contributed by atoms with E-state index in [2.05, 4.69) is 23.7 Å². The Hall–Kier alpha value is -1.52. The van der Waals surface area contributed by atoms with Gasteiger partial charge in [0, 0.05) is 22.1 Å². The number of hydrogen-bond acceptors (Lipinski definition) is 2. The summed E-state index contributed by atoms with van der Waals surface area (Å²) in [5, 5.41) is 5.70. The van der Waals surface area contributed by atoms with Crippen molar-refractivity contribution in [1.29, 1.82) is 0 Å². The number of rotatable bonds is 1. The molecule has 0 saturated heterocycles. The minimum absolute atomic E-state index is 0.0701. The number of nitrogens with one attached hydrogen (secondary N) is 1. The summed E-state index contributed by atoms with van der Waals surface area (Å²) in [6.45, 7) is 4.77. The lowest BCUT2D eigenvalue weighted by Crippen LogP contribution is -2.40. The number of anilines is 1. The van der Waals surface area contributed by atoms with Crippen molar-refractivity contribution in [2.45, 2.75) is 26.3 Å². The van der Waals surface area contributed by atoms with Crippen molar-refractivity contribution >= 4 is 34.7 Å². The van der Waals surface area contributed by atoms with Crippen LogP contribution in [0.1, 0.15) is 29.0 Å². The molecule has 0 unspecified atom stereocenters. The first-order chi connectivity index (χ1) is 10.1. The predicted molar refractivity (Wildman–Crippen MR) is 88.4 cm³/mol. The van der Waals surface area contributed by atoms with Crippen LogP contribution in [0.2, 0.25) is 5.02 Å². The van der Waals surface area contributed by atoms with Crippen LogP contribution in [0.15, 0.2) is 29.6 Å². The van der Waals surface area contributed by atoms with Crippen LogP contribution in [0.5, 0.6) is 0 Å². The maximum absolute atomic E-state index is 12.5. The van der Waals surface area contributed by atoms with Gasteiger partial charge in [0.05, 0.1) is 6.04 Å². The molecule has 2 aromatic rings. The van der Waals surface area contributed by atoms with Crippen molar-refractivity contribution in [3.05, 3.63) is 50.7 Å². The Morgan fingerprint density at radius 3 is 3.00 bits per heavy atom. The first-order valence-corrected chi connectivity index (χ1v) is 8.22. The molecule has 2 heterocycles. The largest absolute Gasteiger partial charge is 0.322 e. The van der Waals surface area contributed by atoms with E-state index in [-0.39, 0.29) is 12.1 Å². The summed E-state index contributed by atoms with van der Waals surface area (Å²) in [6, 6.07) is 7.74. The molecular formula is C16H17ClN2OS. The number of fused-ring (bicyclic) bond motifs is 1. The van der Waals surface area contributed by atoms with Crippen molar-refractivity contribution in [2.24, 2.45) is 0 Å². The number of amides is 2. The first-order valence-electron chi connectivity index (χ1n) is 6.96. The molecule has 0 radical (unpaired) electrons. The van der Waals surface area contributed by atoms with Gasteiger partial charge in [0.15, 0.2) is 0 Å². The van der Waals surface area contributed by atoms with Gasteiger partial charge >= 0.3 is 6.03 Å². The lowest BCUT2D eigenvalue weighted by Gasteiger charge is -2.33. The summed E-state index contributed by atoms with van der Waals surface area (Å²) in [4.78, 5) is 15.8. The molecule has 5 heteroatoms. The number of carbonyl (C=O) groups is 1. The molecule has 3 rings (SSSR count). The lowest BCUT2D eigenvalue weighted by molar-refractivity contribution is 0.189. The van der Waals surface area contributed by atoms with Gasteiger partial charge < -0.3 is 10.2 Å². The number of carbonyl (C=O) groups excluding carboxylic acids is 1. The molecule has 0 bridgehead atoms. The fourth-order valence-corrected chi connectivity index (χ4v) is 3.80. The summed E-state index contributed by atoms with van der Waals surface area (Å²) in [5.74, 6) is 0. The molecule has 0 saturated carbocycles. The van der Waals surface area contributed by atoms with E-state index < -0.39 is 0 Å². The smallest absolute Gasteiger partial charge is 0.317 e. The number of aryl methyl sites for hydroxylation is 1. The molecule has 21 heavy (non-hydrogen) atoms. The van der Waals surface area contributed by atoms with Gasteiger partial charge in [-0.05, 0) is 55.0 Å². The average Bonchev–Trinajstić information content (AvgIpc) is 2.92. The highest BCUT2D eigenvalue weighted by atomic mass is 35.5. The second-order valence-electron chi connectivity index (χ2n) is 5.31. The number of nitrogens with zero attached hydrogens (tertiary/aromatic N) is 1. The molecule has 110 valence electrons. The third-order valence-electron chi connectivity index (χ3n) is 3.96. The minimum Gasteiger partial charge on any atom is -0.317 e. The molecule has 1 aliphatic heterocycles. The number of thiophene rings is 1. The molecule has 2 amide bonds. The van der Waals surface area contributed by atoms with Crippen LogP contribution in [0.25, 0.3) is 0 Å². The van der Waals surface area contributed by atoms with Gasteiger partial charge in [-0.1, -0.05) is 17.7 Å². The molecule has 0 fully saturated rings. The van der Waals surface area contributed by atoms with Gasteiger partial charge in [0.2, 0.25) is 0 Å². The molecule has 3 nitrogen and oxygen atoms in total. The quantitative estimate of drug-likeness (QED) is 0.799. The SMILES string of the molecule is Cc1ccc(NC(=O)N2CCc3sccc3[C@@H]2C)cc1Cl. The molecular weight excluding hydrogens is 304 g/mol. The van der Waals surface area contributed by atoms with Crippen LogP contribution >= 0.6 is 22.9 Å². The lowest BCUT2D eigenvalue weighted by atomic mass is 10.0. The topological polar surface area (TPSA) is 32.3 Å². The second kappa shape index (κ2) is 5.70. The fraction of sp³-hybridized carbons (Fsp3) is 0.312. The molecule has 1 N–H and O–H groups in total. The van der Waals surface area contributed by atoms with Crippen molar-refractivity contribution in [1.82, 2.24) is 4.90 Å². The molecule has 1 aromatic heterocycles. The standard InChI is InChI=1S/C16H17ClN2OS/c1-10-3-4-12(9-14(10)17)18-16(20)19-7-5-15-13(11(19)2)6-8-21-15/h3-4,6,8-9,11H,5,7H2,1-2H3,(H,18,20)/t11-/m0/s1. The Bertz CT molecular complexity index is 683. The van der Waals surface area contributed by atoms with Gasteiger partial charge in [-0.25, -0.2) is 4.79 Å². The average molecular weight is 321 g/mol. The van der Waals surface area contributed by atoms with E-state index in [0.717, 1.165) is 24.2 Å². The van der Waals surface area contributed by atoms with E-state index in [1.807, 2.05) is 24.0 Å². The summed E-state index contributed by atoms with van der Waals surface area (Å²) in [6.07, 6.45) is 0.930. The molecule has 0 spiro atoms. The zero-order chi connectivity index (χ0) is 15.0. The second-order valence-corrected chi connectivity index (χ2v) is 6.72. The number of benzene rings is 1. The van der Waals surface area contributed by atoms with Gasteiger partial charge in [-0.3, -0.25) is 0 Å². The first kappa shape index (κ1) is 14.4. The summed E-state index contributed by atoms with van der Waals surface area (Å²) in [7, 11) is 0. The van der Waals surface area contributed by atoms with E-state index in [0.29, 0.717) is 5.02 Å². The van der Waals surface area contributed by atoms with Gasteiger partial charge in [0.1, 0.15) is 0 Å². The Morgan fingerprint density at radius 2 is 2.24 bits per heavy atom. The van der Waals surface area contributed by atoms with Gasteiger partial charge in [-0.2, -0.15) is 0 Å². The van der Waals surface area contributed by atoms with E-state index in [1.54, 1.807) is 17.4 Å². The van der Waals surface area contributed by atoms with Crippen molar-refractivity contribution in [3.63, 3.8) is 0 Å². The Labute approximate surface area is 133 Å². The molecule has 0 aliphatic carbocycles. The highest BCUT2D eigenvalue weighted by Crippen LogP contribution is 2.33. The Balaban J connectivity index is 1.75. The summed E-state index contributed by atoms with van der Waals surface area (Å²) in [5.41, 5.74) is 3.01. The maximum Gasteiger partial charge on any atom is 0.322 e. The van der Waals surface area contributed by atoms with Crippen LogP contribution in [0.4, 0.5) is 10.5 Å². The number of hydrogen-bond donors (Lipinski definition) is 1. The van der Waals surface area contributed by atoms with E-state index in [1.165, 1.54) is 10.4 Å². The highest BCUT2D eigenvalue weighted by Gasteiger charge is 2.28. The zero-order valence-electron chi connectivity index (χ0n) is 12.0. The molecule has 1 aliphatic rings. The van der Waals surface area contributed by atoms with Crippen LogP contribution in [-0.4, -0.2) is 17.5 Å². The number of halogens is 1. The summed E-state index contributed by atoms with van der Waals surface area (Å²) < 4.78 is 0. The van der Waals surface area contributed by atoms with Gasteiger partial charge in [-0.15, -0.1) is 11.3 Å². The third-order valence-corrected chi connectivity index (χ3v) is 5.36. The van der Waals surface area contributed by atoms with E-state index in [4.69, 9.17) is 11.6 Å². The normalized spacial score (nSPS) is 17.5. The van der Waals surface area contributed by atoms with E-state index in [9.17, 15) is 4.79 Å². The van der Waals surface area contributed by atoms with Crippen molar-refractivity contribution < 1.29 is 4.79 Å². The van der Waals surface area contributed by atoms with Crippen molar-refractivity contribution in [2.75, 3.05) is 11.9 Å². The van der Waals surface area contributed by atoms with Crippen LogP contribution in [0, 0.1) is 6.92 Å². The van der Waals surface area contributed by atoms with Crippen LogP contribution in [0.3, 0.4) is 0 Å². The van der Waals surface area contributed by atoms with Crippen LogP contribution < -0.4 is 5.32 Å². The maximum atomic E-state index is 12.5. The molecule has 1 aromatic carbocycles. The number of urea groups is 1. The predicted octanol–water partition coefficient (Wildman–Crippen LogP) is 4.86. The van der Waals surface area contributed by atoms with Crippen LogP contribution in [-0.2, 0) is 6.42 Å². The Kier molecular flexibility index (Phi) is 3.91. The Morgan fingerprint density at radius 1 is 1.43 bits per heavy atom. The summed E-state index contributed by atoms with van der Waals surface area (Å²) >= 11 is 7.88. The third kappa shape index (κ3) is 2.78. The zero-order valence-corrected chi connectivity index (χ0v) is 13.6. The minimum atomic E-state index is -0.0701. The van der Waals surface area contributed by atoms with E-state index >= 15 is 0 Å². The van der Waals surface area contributed by atoms with Crippen molar-refractivity contribution in [3.8, 4) is 0 Å².